The molecule has 30 heavy (non-hydrogen) atoms. The van der Waals surface area contributed by atoms with Crippen LogP contribution in [0.15, 0.2) is 60.2 Å². The Hall–Kier alpha value is -3.98. The summed E-state index contributed by atoms with van der Waals surface area (Å²) in [5.41, 5.74) is 4.35. The maximum absolute atomic E-state index is 13.0. The van der Waals surface area contributed by atoms with E-state index in [2.05, 4.69) is 5.32 Å². The van der Waals surface area contributed by atoms with Gasteiger partial charge < -0.3 is 9.88 Å². The number of Topliss-reactive ketones (excluding diaryl/α,β-unsaturated/α-hetero) is 1. The molecule has 0 atom stereocenters. The summed E-state index contributed by atoms with van der Waals surface area (Å²) >= 11 is 0. The van der Waals surface area contributed by atoms with Gasteiger partial charge in [-0.1, -0.05) is 0 Å². The quantitative estimate of drug-likeness (QED) is 0.372. The summed E-state index contributed by atoms with van der Waals surface area (Å²) < 4.78 is 15.0. The molecule has 0 radical (unpaired) electrons. The van der Waals surface area contributed by atoms with E-state index >= 15 is 0 Å². The number of aryl methyl sites for hydroxylation is 1. The molecule has 0 aliphatic rings. The number of nitrogens with zero attached hydrogens (tertiary/aromatic N) is 2. The second kappa shape index (κ2) is 8.58. The Labute approximate surface area is 174 Å². The summed E-state index contributed by atoms with van der Waals surface area (Å²) in [5.74, 6) is -0.982. The third-order valence-corrected chi connectivity index (χ3v) is 4.77. The van der Waals surface area contributed by atoms with Gasteiger partial charge in [-0.15, -0.1) is 0 Å². The normalized spacial score (nSPS) is 11.1. The van der Waals surface area contributed by atoms with Gasteiger partial charge >= 0.3 is 0 Å². The zero-order valence-electron chi connectivity index (χ0n) is 16.9. The predicted octanol–water partition coefficient (Wildman–Crippen LogP) is 4.98. The number of hydrogen-bond donors (Lipinski definition) is 1. The zero-order chi connectivity index (χ0) is 21.8. The number of ketones is 1. The Morgan fingerprint density at radius 1 is 1.07 bits per heavy atom. The molecule has 3 rings (SSSR count). The zero-order valence-corrected chi connectivity index (χ0v) is 16.9. The van der Waals surface area contributed by atoms with Gasteiger partial charge in [0, 0.05) is 28.3 Å². The fourth-order valence-electron chi connectivity index (χ4n) is 3.21. The Bertz CT molecular complexity index is 1180. The monoisotopic (exact) mass is 401 g/mol. The number of halogens is 1. The molecule has 0 unspecified atom stereocenters. The van der Waals surface area contributed by atoms with Crippen LogP contribution in [0.25, 0.3) is 11.8 Å². The first-order valence-electron chi connectivity index (χ1n) is 9.29. The molecule has 5 nitrogen and oxygen atoms in total. The van der Waals surface area contributed by atoms with E-state index in [1.807, 2.05) is 42.7 Å². The smallest absolute Gasteiger partial charge is 0.266 e. The van der Waals surface area contributed by atoms with Gasteiger partial charge in [0.25, 0.3) is 5.91 Å². The third kappa shape index (κ3) is 4.36. The van der Waals surface area contributed by atoms with Crippen molar-refractivity contribution < 1.29 is 14.0 Å². The largest absolute Gasteiger partial charge is 0.321 e. The molecule has 0 saturated heterocycles. The highest BCUT2D eigenvalue weighted by Crippen LogP contribution is 2.23. The summed E-state index contributed by atoms with van der Waals surface area (Å²) in [6.07, 6.45) is 1.53. The Kier molecular flexibility index (Phi) is 5.93. The van der Waals surface area contributed by atoms with E-state index in [1.165, 1.54) is 37.3 Å². The number of nitriles is 1. The van der Waals surface area contributed by atoms with Crippen LogP contribution in [0.5, 0.6) is 0 Å². The SMILES string of the molecule is CC(=O)c1ccc(-n2c(C)cc(/C=C(/C#N)C(=O)Nc3ccc(F)cc3)c2C)cc1. The number of anilines is 1. The molecule has 1 heterocycles. The van der Waals surface area contributed by atoms with Crippen molar-refractivity contribution in [1.82, 2.24) is 4.57 Å². The Balaban J connectivity index is 1.91. The molecule has 6 heteroatoms. The average molecular weight is 401 g/mol. The van der Waals surface area contributed by atoms with Crippen molar-refractivity contribution >= 4 is 23.5 Å². The number of rotatable bonds is 5. The van der Waals surface area contributed by atoms with Gasteiger partial charge in [0.1, 0.15) is 17.5 Å². The van der Waals surface area contributed by atoms with Gasteiger partial charge in [-0.3, -0.25) is 9.59 Å². The fraction of sp³-hybridized carbons (Fsp3) is 0.125. The summed E-state index contributed by atoms with van der Waals surface area (Å²) in [5, 5.41) is 12.1. The number of aromatic nitrogens is 1. The van der Waals surface area contributed by atoms with Crippen LogP contribution in [-0.2, 0) is 4.79 Å². The third-order valence-electron chi connectivity index (χ3n) is 4.77. The first kappa shape index (κ1) is 20.7. The molecule has 1 amide bonds. The van der Waals surface area contributed by atoms with Crippen LogP contribution in [0, 0.1) is 31.0 Å². The molecule has 0 aliphatic carbocycles. The maximum Gasteiger partial charge on any atom is 0.266 e. The Morgan fingerprint density at radius 2 is 1.70 bits per heavy atom. The van der Waals surface area contributed by atoms with Crippen LogP contribution < -0.4 is 5.32 Å². The number of nitrogens with one attached hydrogen (secondary N) is 1. The minimum Gasteiger partial charge on any atom is -0.321 e. The van der Waals surface area contributed by atoms with Gasteiger partial charge in [-0.25, -0.2) is 4.39 Å². The highest BCUT2D eigenvalue weighted by molar-refractivity contribution is 6.09. The second-order valence-corrected chi connectivity index (χ2v) is 6.90. The van der Waals surface area contributed by atoms with E-state index in [-0.39, 0.29) is 11.4 Å². The number of amides is 1. The number of hydrogen-bond acceptors (Lipinski definition) is 3. The lowest BCUT2D eigenvalue weighted by atomic mass is 10.1. The van der Waals surface area contributed by atoms with E-state index in [1.54, 1.807) is 12.1 Å². The van der Waals surface area contributed by atoms with E-state index in [0.717, 1.165) is 22.6 Å². The molecule has 1 aromatic heterocycles. The van der Waals surface area contributed by atoms with Gasteiger partial charge in [0.05, 0.1) is 0 Å². The van der Waals surface area contributed by atoms with Gasteiger partial charge in [-0.05, 0) is 87.0 Å². The van der Waals surface area contributed by atoms with Crippen LogP contribution >= 0.6 is 0 Å². The number of benzene rings is 2. The van der Waals surface area contributed by atoms with Crippen LogP contribution in [0.3, 0.4) is 0 Å². The molecule has 1 N–H and O–H groups in total. The predicted molar refractivity (Wildman–Crippen MR) is 114 cm³/mol. The van der Waals surface area contributed by atoms with Crippen molar-refractivity contribution in [2.75, 3.05) is 5.32 Å². The van der Waals surface area contributed by atoms with Crippen molar-refractivity contribution in [3.8, 4) is 11.8 Å². The lowest BCUT2D eigenvalue weighted by Gasteiger charge is -2.10. The molecule has 3 aromatic rings. The summed E-state index contributed by atoms with van der Waals surface area (Å²) in [6.45, 7) is 5.34. The summed E-state index contributed by atoms with van der Waals surface area (Å²) in [6, 6.07) is 16.4. The van der Waals surface area contributed by atoms with E-state index in [9.17, 15) is 19.2 Å². The number of carbonyl (C=O) groups excluding carboxylic acids is 2. The second-order valence-electron chi connectivity index (χ2n) is 6.90. The molecule has 150 valence electrons. The highest BCUT2D eigenvalue weighted by atomic mass is 19.1. The average Bonchev–Trinajstić information content (AvgIpc) is 3.00. The van der Waals surface area contributed by atoms with Gasteiger partial charge in [0.15, 0.2) is 5.78 Å². The molecule has 2 aromatic carbocycles. The van der Waals surface area contributed by atoms with Crippen molar-refractivity contribution in [2.24, 2.45) is 0 Å². The van der Waals surface area contributed by atoms with Crippen LogP contribution in [-0.4, -0.2) is 16.3 Å². The van der Waals surface area contributed by atoms with Crippen molar-refractivity contribution in [1.29, 1.82) is 5.26 Å². The van der Waals surface area contributed by atoms with E-state index in [0.29, 0.717) is 11.3 Å². The van der Waals surface area contributed by atoms with Crippen LogP contribution in [0.1, 0.15) is 34.2 Å². The summed E-state index contributed by atoms with van der Waals surface area (Å²) in [4.78, 5) is 24.0. The van der Waals surface area contributed by atoms with E-state index < -0.39 is 11.7 Å². The first-order valence-corrected chi connectivity index (χ1v) is 9.29. The standard InChI is InChI=1S/C24H20FN3O2/c1-15-12-19(16(2)28(15)23-10-4-18(5-11-23)17(3)29)13-20(14-26)24(30)27-22-8-6-21(25)7-9-22/h4-13H,1-3H3,(H,27,30)/b20-13-. The molecule has 0 spiro atoms. The maximum atomic E-state index is 13.0. The highest BCUT2D eigenvalue weighted by Gasteiger charge is 2.14. The Morgan fingerprint density at radius 3 is 2.27 bits per heavy atom. The van der Waals surface area contributed by atoms with Crippen molar-refractivity contribution in [3.05, 3.63) is 88.5 Å². The minimum absolute atomic E-state index is 0.00282. The van der Waals surface area contributed by atoms with E-state index in [4.69, 9.17) is 0 Å². The molecular formula is C24H20FN3O2. The molecule has 0 bridgehead atoms. The molecule has 0 aliphatic heterocycles. The molecule has 0 fully saturated rings. The number of carbonyl (C=O) groups is 2. The van der Waals surface area contributed by atoms with Crippen LogP contribution in [0.2, 0.25) is 0 Å². The topological polar surface area (TPSA) is 74.9 Å². The molecular weight excluding hydrogens is 381 g/mol. The molecule has 0 saturated carbocycles. The lowest BCUT2D eigenvalue weighted by Crippen LogP contribution is -2.13. The van der Waals surface area contributed by atoms with Gasteiger partial charge in [-0.2, -0.15) is 5.26 Å². The first-order chi connectivity index (χ1) is 14.3. The minimum atomic E-state index is -0.570. The van der Waals surface area contributed by atoms with Gasteiger partial charge in [0.2, 0.25) is 0 Å². The summed E-state index contributed by atoms with van der Waals surface area (Å²) in [7, 11) is 0. The van der Waals surface area contributed by atoms with Crippen LogP contribution in [0.4, 0.5) is 10.1 Å². The lowest BCUT2D eigenvalue weighted by molar-refractivity contribution is -0.112. The van der Waals surface area contributed by atoms with Crippen molar-refractivity contribution in [2.45, 2.75) is 20.8 Å². The van der Waals surface area contributed by atoms with Crippen molar-refractivity contribution in [3.63, 3.8) is 0 Å². The fourth-order valence-corrected chi connectivity index (χ4v) is 3.21.